The lowest BCUT2D eigenvalue weighted by atomic mass is 10.2. The highest BCUT2D eigenvalue weighted by atomic mass is 32.1. The summed E-state index contributed by atoms with van der Waals surface area (Å²) in [4.78, 5) is 20.5. The van der Waals surface area contributed by atoms with Crippen molar-refractivity contribution in [3.8, 4) is 0 Å². The number of quaternary nitrogens is 1. The molecule has 22 heavy (non-hydrogen) atoms. The molecule has 1 aromatic heterocycles. The molecule has 2 rings (SSSR count). The van der Waals surface area contributed by atoms with E-state index < -0.39 is 0 Å². The Kier molecular flexibility index (Phi) is 6.34. The Hall–Kier alpha value is -1.46. The third-order valence-corrected chi connectivity index (χ3v) is 4.68. The highest BCUT2D eigenvalue weighted by Crippen LogP contribution is 2.29. The monoisotopic (exact) mass is 320 g/mol. The van der Waals surface area contributed by atoms with Crippen molar-refractivity contribution in [1.29, 1.82) is 0 Å². The quantitative estimate of drug-likeness (QED) is 0.811. The number of benzene rings is 1. The zero-order valence-electron chi connectivity index (χ0n) is 13.8. The van der Waals surface area contributed by atoms with Crippen molar-refractivity contribution in [3.63, 3.8) is 0 Å². The van der Waals surface area contributed by atoms with Crippen LogP contribution in [0.5, 0.6) is 0 Å². The van der Waals surface area contributed by atoms with Gasteiger partial charge in [0.05, 0.1) is 30.9 Å². The number of aromatic nitrogens is 1. The van der Waals surface area contributed by atoms with Crippen LogP contribution < -0.4 is 9.80 Å². The second kappa shape index (κ2) is 8.25. The molecule has 2 aromatic rings. The Balaban J connectivity index is 2.16. The first-order chi connectivity index (χ1) is 10.6. The number of thiazole rings is 1. The molecule has 5 heteroatoms. The van der Waals surface area contributed by atoms with Crippen LogP contribution in [0.25, 0.3) is 10.2 Å². The van der Waals surface area contributed by atoms with E-state index in [1.54, 1.807) is 11.3 Å². The van der Waals surface area contributed by atoms with Gasteiger partial charge in [-0.25, -0.2) is 4.98 Å². The molecule has 0 aliphatic heterocycles. The molecule has 1 N–H and O–H groups in total. The maximum absolute atomic E-state index is 12.5. The van der Waals surface area contributed by atoms with Crippen LogP contribution in [0.2, 0.25) is 0 Å². The van der Waals surface area contributed by atoms with Gasteiger partial charge in [-0.15, -0.1) is 0 Å². The van der Waals surface area contributed by atoms with Crippen LogP contribution in [0, 0.1) is 0 Å². The molecule has 1 heterocycles. The second-order valence-corrected chi connectivity index (χ2v) is 6.93. The lowest BCUT2D eigenvalue weighted by Gasteiger charge is -2.20. The van der Waals surface area contributed by atoms with Gasteiger partial charge >= 0.3 is 0 Å². The largest absolute Gasteiger partial charge is 0.340 e. The molecule has 1 amide bonds. The van der Waals surface area contributed by atoms with Gasteiger partial charge in [0.15, 0.2) is 5.13 Å². The average Bonchev–Trinajstić information content (AvgIpc) is 2.92. The van der Waals surface area contributed by atoms with E-state index in [4.69, 9.17) is 0 Å². The number of hydrogen-bond acceptors (Lipinski definition) is 3. The van der Waals surface area contributed by atoms with E-state index in [0.29, 0.717) is 6.42 Å². The predicted molar refractivity (Wildman–Crippen MR) is 93.8 cm³/mol. The first-order valence-corrected chi connectivity index (χ1v) is 8.88. The fourth-order valence-corrected chi connectivity index (χ4v) is 3.37. The summed E-state index contributed by atoms with van der Waals surface area (Å²) in [5.74, 6) is 0.203. The maximum atomic E-state index is 12.5. The Labute approximate surface area is 136 Å². The number of unbranched alkanes of at least 4 members (excludes halogenated alkanes) is 1. The van der Waals surface area contributed by atoms with E-state index in [1.807, 2.05) is 23.1 Å². The molecule has 0 atom stereocenters. The smallest absolute Gasteiger partial charge is 0.228 e. The summed E-state index contributed by atoms with van der Waals surface area (Å²) >= 11 is 1.61. The lowest BCUT2D eigenvalue weighted by molar-refractivity contribution is -0.858. The number of nitrogens with zero attached hydrogens (tertiary/aromatic N) is 2. The molecule has 0 aliphatic rings. The van der Waals surface area contributed by atoms with Crippen molar-refractivity contribution in [2.75, 3.05) is 32.1 Å². The molecular formula is C17H26N3OS+. The van der Waals surface area contributed by atoms with Crippen molar-refractivity contribution < 1.29 is 9.69 Å². The second-order valence-electron chi connectivity index (χ2n) is 5.92. The minimum Gasteiger partial charge on any atom is -0.340 e. The molecule has 120 valence electrons. The number of hydrogen-bond donors (Lipinski definition) is 1. The molecule has 1 aromatic carbocycles. The normalized spacial score (nSPS) is 11.3. The van der Waals surface area contributed by atoms with Crippen molar-refractivity contribution in [2.24, 2.45) is 0 Å². The summed E-state index contributed by atoms with van der Waals surface area (Å²) in [6.07, 6.45) is 3.60. The lowest BCUT2D eigenvalue weighted by Crippen LogP contribution is -3.05. The Morgan fingerprint density at radius 3 is 2.73 bits per heavy atom. The summed E-state index contributed by atoms with van der Waals surface area (Å²) in [6, 6.07) is 8.08. The van der Waals surface area contributed by atoms with Crippen LogP contribution in [0.3, 0.4) is 0 Å². The molecule has 0 saturated carbocycles. The number of para-hydroxylation sites is 1. The van der Waals surface area contributed by atoms with Gasteiger partial charge in [-0.1, -0.05) is 36.8 Å². The van der Waals surface area contributed by atoms with Gasteiger partial charge in [0.1, 0.15) is 0 Å². The summed E-state index contributed by atoms with van der Waals surface area (Å²) in [5.41, 5.74) is 0.981. The predicted octanol–water partition coefficient (Wildman–Crippen LogP) is 2.35. The number of nitrogens with one attached hydrogen (secondary N) is 1. The van der Waals surface area contributed by atoms with Crippen LogP contribution in [0.4, 0.5) is 5.13 Å². The number of anilines is 1. The van der Waals surface area contributed by atoms with Gasteiger partial charge in [0.25, 0.3) is 0 Å². The molecule has 4 nitrogen and oxygen atoms in total. The van der Waals surface area contributed by atoms with Crippen molar-refractivity contribution >= 4 is 32.6 Å². The summed E-state index contributed by atoms with van der Waals surface area (Å²) < 4.78 is 1.14. The fourth-order valence-electron chi connectivity index (χ4n) is 2.36. The van der Waals surface area contributed by atoms with E-state index in [-0.39, 0.29) is 5.91 Å². The van der Waals surface area contributed by atoms with Crippen LogP contribution in [-0.4, -0.2) is 38.1 Å². The zero-order chi connectivity index (χ0) is 15.9. The topological polar surface area (TPSA) is 37.6 Å². The third kappa shape index (κ3) is 4.52. The van der Waals surface area contributed by atoms with E-state index in [9.17, 15) is 4.79 Å². The van der Waals surface area contributed by atoms with Gasteiger partial charge in [0.2, 0.25) is 5.91 Å². The summed E-state index contributed by atoms with van der Waals surface area (Å²) in [6.45, 7) is 3.93. The maximum Gasteiger partial charge on any atom is 0.228 e. The van der Waals surface area contributed by atoms with Gasteiger partial charge in [-0.05, 0) is 18.6 Å². The van der Waals surface area contributed by atoms with E-state index in [0.717, 1.165) is 47.7 Å². The summed E-state index contributed by atoms with van der Waals surface area (Å²) in [7, 11) is 4.28. The molecule has 0 saturated heterocycles. The van der Waals surface area contributed by atoms with Crippen LogP contribution in [-0.2, 0) is 4.79 Å². The van der Waals surface area contributed by atoms with Crippen LogP contribution in [0.1, 0.15) is 32.6 Å². The van der Waals surface area contributed by atoms with Gasteiger partial charge in [-0.3, -0.25) is 9.69 Å². The zero-order valence-corrected chi connectivity index (χ0v) is 14.6. The van der Waals surface area contributed by atoms with Crippen LogP contribution in [0.15, 0.2) is 24.3 Å². The van der Waals surface area contributed by atoms with Crippen molar-refractivity contribution in [2.45, 2.75) is 32.6 Å². The third-order valence-electron chi connectivity index (χ3n) is 3.62. The Morgan fingerprint density at radius 1 is 1.27 bits per heavy atom. The van der Waals surface area contributed by atoms with E-state index >= 15 is 0 Å². The van der Waals surface area contributed by atoms with Crippen molar-refractivity contribution in [1.82, 2.24) is 4.98 Å². The van der Waals surface area contributed by atoms with Crippen molar-refractivity contribution in [3.05, 3.63) is 24.3 Å². The number of carbonyl (C=O) groups is 1. The highest BCUT2D eigenvalue weighted by molar-refractivity contribution is 7.22. The fraction of sp³-hybridized carbons (Fsp3) is 0.529. The number of amides is 1. The molecule has 0 radical (unpaired) electrons. The van der Waals surface area contributed by atoms with Gasteiger partial charge in [-0.2, -0.15) is 0 Å². The standard InChI is InChI=1S/C17H25N3OS/c1-4-5-11-16(21)20(13-8-12-19(2)3)17-18-14-9-6-7-10-15(14)22-17/h6-7,9-10H,4-5,8,11-13H2,1-3H3/p+1. The SMILES string of the molecule is CCCCC(=O)N(CCC[NH+](C)C)c1nc2ccccc2s1. The first kappa shape index (κ1) is 16.9. The highest BCUT2D eigenvalue weighted by Gasteiger charge is 2.19. The minimum atomic E-state index is 0.203. The Bertz CT molecular complexity index is 576. The average molecular weight is 320 g/mol. The molecule has 0 fully saturated rings. The molecule has 0 aliphatic carbocycles. The van der Waals surface area contributed by atoms with E-state index in [2.05, 4.69) is 32.1 Å². The van der Waals surface area contributed by atoms with Crippen LogP contribution >= 0.6 is 11.3 Å². The van der Waals surface area contributed by atoms with Gasteiger partial charge in [0, 0.05) is 19.4 Å². The molecule has 0 spiro atoms. The van der Waals surface area contributed by atoms with E-state index in [1.165, 1.54) is 4.90 Å². The number of rotatable bonds is 8. The minimum absolute atomic E-state index is 0.203. The molecular weight excluding hydrogens is 294 g/mol. The molecule has 0 unspecified atom stereocenters. The van der Waals surface area contributed by atoms with Gasteiger partial charge < -0.3 is 4.90 Å². The number of fused-ring (bicyclic) bond motifs is 1. The summed E-state index contributed by atoms with van der Waals surface area (Å²) in [5, 5.41) is 0.844. The number of carbonyl (C=O) groups excluding carboxylic acids is 1. The first-order valence-electron chi connectivity index (χ1n) is 8.06. The Morgan fingerprint density at radius 2 is 2.05 bits per heavy atom. The molecule has 0 bridgehead atoms.